The van der Waals surface area contributed by atoms with Crippen LogP contribution in [0.3, 0.4) is 0 Å². The number of fused-ring (bicyclic) bond motifs is 1. The molecule has 1 aromatic heterocycles. The largest absolute Gasteiger partial charge is 0.346 e. The highest BCUT2D eigenvalue weighted by atomic mass is 32.4. The predicted octanol–water partition coefficient (Wildman–Crippen LogP) is 6.10. The van der Waals surface area contributed by atoms with Gasteiger partial charge in [0, 0.05) is 42.2 Å². The number of hydrogen-bond acceptors (Lipinski definition) is 5. The van der Waals surface area contributed by atoms with Crippen LogP contribution in [0.2, 0.25) is 0 Å². The quantitative estimate of drug-likeness (QED) is 0.418. The van der Waals surface area contributed by atoms with Crippen molar-refractivity contribution >= 4 is 35.8 Å². The molecule has 2 aromatic carbocycles. The summed E-state index contributed by atoms with van der Waals surface area (Å²) in [7, 11) is 2.11. The number of pyridine rings is 1. The number of likely N-dealkylation sites (N-methyl/N-ethyl adjacent to an activating group) is 1. The SMILES string of the molecule is CN1/C(=C2/C=NN(c3ccccc3)P2(=S)OCCc2ccccn2)C(C)(C)c2ccccc21. The third-order valence-electron chi connectivity index (χ3n) is 6.29. The first-order valence-corrected chi connectivity index (χ1v) is 13.7. The van der Waals surface area contributed by atoms with Gasteiger partial charge in [0.1, 0.15) is 0 Å². The molecule has 33 heavy (non-hydrogen) atoms. The molecule has 0 N–H and O–H groups in total. The Bertz CT molecular complexity index is 1270. The molecule has 168 valence electrons. The van der Waals surface area contributed by atoms with Crippen LogP contribution in [0.1, 0.15) is 25.1 Å². The predicted molar refractivity (Wildman–Crippen MR) is 140 cm³/mol. The first kappa shape index (κ1) is 22.0. The lowest BCUT2D eigenvalue weighted by Gasteiger charge is -2.32. The number of allylic oxidation sites excluding steroid dienone is 2. The Morgan fingerprint density at radius 3 is 2.42 bits per heavy atom. The maximum atomic E-state index is 6.63. The third-order valence-corrected chi connectivity index (χ3v) is 9.96. The molecule has 0 saturated carbocycles. The fraction of sp³-hybridized carbons (Fsp3) is 0.231. The molecule has 0 radical (unpaired) electrons. The maximum Gasteiger partial charge on any atom is 0.209 e. The Morgan fingerprint density at radius 2 is 1.70 bits per heavy atom. The molecule has 0 saturated heterocycles. The molecule has 1 unspecified atom stereocenters. The maximum absolute atomic E-state index is 6.63. The van der Waals surface area contributed by atoms with Crippen molar-refractivity contribution in [2.75, 3.05) is 23.3 Å². The number of hydrazone groups is 1. The van der Waals surface area contributed by atoms with Crippen LogP contribution in [-0.4, -0.2) is 24.9 Å². The highest BCUT2D eigenvalue weighted by molar-refractivity contribution is 8.15. The van der Waals surface area contributed by atoms with E-state index in [1.165, 1.54) is 11.3 Å². The van der Waals surface area contributed by atoms with Crippen molar-refractivity contribution in [1.29, 1.82) is 0 Å². The third kappa shape index (κ3) is 3.72. The highest BCUT2D eigenvalue weighted by Gasteiger charge is 2.46. The number of para-hydroxylation sites is 2. The van der Waals surface area contributed by atoms with Crippen LogP contribution in [0.15, 0.2) is 95.1 Å². The van der Waals surface area contributed by atoms with Gasteiger partial charge in [-0.1, -0.05) is 56.3 Å². The first-order valence-electron chi connectivity index (χ1n) is 11.1. The van der Waals surface area contributed by atoms with Gasteiger partial charge in [-0.2, -0.15) is 5.10 Å². The summed E-state index contributed by atoms with van der Waals surface area (Å²) in [6.45, 7) is 4.99. The molecule has 5 nitrogen and oxygen atoms in total. The van der Waals surface area contributed by atoms with Crippen molar-refractivity contribution in [3.8, 4) is 0 Å². The van der Waals surface area contributed by atoms with Gasteiger partial charge in [-0.3, -0.25) is 4.98 Å². The van der Waals surface area contributed by atoms with Crippen LogP contribution in [0.25, 0.3) is 0 Å². The number of aromatic nitrogens is 1. The van der Waals surface area contributed by atoms with Crippen LogP contribution in [0, 0.1) is 0 Å². The van der Waals surface area contributed by atoms with Crippen molar-refractivity contribution in [2.24, 2.45) is 5.10 Å². The summed E-state index contributed by atoms with van der Waals surface area (Å²) in [6.07, 6.45) is 1.74. The molecule has 3 heterocycles. The number of hydrogen-bond donors (Lipinski definition) is 0. The Kier molecular flexibility index (Phi) is 5.69. The van der Waals surface area contributed by atoms with E-state index in [-0.39, 0.29) is 5.41 Å². The van der Waals surface area contributed by atoms with Crippen molar-refractivity contribution in [2.45, 2.75) is 25.7 Å². The minimum atomic E-state index is -2.69. The van der Waals surface area contributed by atoms with Crippen LogP contribution >= 0.6 is 6.42 Å². The molecular formula is C26H27N4OPS. The Balaban J connectivity index is 1.57. The smallest absolute Gasteiger partial charge is 0.209 e. The molecule has 0 bridgehead atoms. The molecule has 2 aliphatic rings. The summed E-state index contributed by atoms with van der Waals surface area (Å²) in [4.78, 5) is 6.69. The van der Waals surface area contributed by atoms with E-state index in [1.54, 1.807) is 0 Å². The van der Waals surface area contributed by atoms with Crippen LogP contribution in [0.5, 0.6) is 0 Å². The van der Waals surface area contributed by atoms with E-state index in [1.807, 2.05) is 65.7 Å². The van der Waals surface area contributed by atoms with Gasteiger partial charge in [0.25, 0.3) is 0 Å². The van der Waals surface area contributed by atoms with Crippen molar-refractivity contribution in [1.82, 2.24) is 4.98 Å². The first-order chi connectivity index (χ1) is 15.9. The fourth-order valence-corrected chi connectivity index (χ4v) is 8.07. The van der Waals surface area contributed by atoms with Gasteiger partial charge in [0.15, 0.2) is 0 Å². The second-order valence-corrected chi connectivity index (χ2v) is 12.4. The van der Waals surface area contributed by atoms with Crippen molar-refractivity contribution in [3.63, 3.8) is 0 Å². The molecule has 2 aliphatic heterocycles. The van der Waals surface area contributed by atoms with E-state index < -0.39 is 6.42 Å². The topological polar surface area (TPSA) is 41.0 Å². The normalized spacial score (nSPS) is 23.2. The minimum absolute atomic E-state index is 0.214. The zero-order valence-corrected chi connectivity index (χ0v) is 20.8. The second-order valence-electron chi connectivity index (χ2n) is 8.73. The van der Waals surface area contributed by atoms with Gasteiger partial charge >= 0.3 is 0 Å². The molecular weight excluding hydrogens is 447 g/mol. The summed E-state index contributed by atoms with van der Waals surface area (Å²) in [5.74, 6) is 0. The standard InChI is InChI=1S/C26H27N4OPS/c1-26(2)22-14-7-8-15-23(22)29(3)25(26)24-19-28-30(21-12-5-4-6-13-21)32(24,33)31-18-16-20-11-9-10-17-27-20/h4-15,17,19H,16,18H2,1-3H3/b25-24-. The van der Waals surface area contributed by atoms with Crippen LogP contribution < -0.4 is 9.68 Å². The Labute approximate surface area is 200 Å². The summed E-state index contributed by atoms with van der Waals surface area (Å²) in [5.41, 5.74) is 5.37. The lowest BCUT2D eigenvalue weighted by molar-refractivity contribution is 0.356. The molecule has 0 fully saturated rings. The van der Waals surface area contributed by atoms with Gasteiger partial charge in [-0.05, 0) is 47.7 Å². The van der Waals surface area contributed by atoms with Gasteiger partial charge in [-0.15, -0.1) is 0 Å². The number of nitrogens with zero attached hydrogens (tertiary/aromatic N) is 4. The molecule has 7 heteroatoms. The van der Waals surface area contributed by atoms with Gasteiger partial charge in [0.05, 0.1) is 23.8 Å². The van der Waals surface area contributed by atoms with E-state index in [0.29, 0.717) is 13.0 Å². The van der Waals surface area contributed by atoms with Crippen LogP contribution in [-0.2, 0) is 28.2 Å². The van der Waals surface area contributed by atoms with Gasteiger partial charge in [0.2, 0.25) is 6.42 Å². The molecule has 1 atom stereocenters. The Hall–Kier alpha value is -2.79. The highest BCUT2D eigenvalue weighted by Crippen LogP contribution is 2.66. The molecule has 0 amide bonds. The van der Waals surface area contributed by atoms with Crippen molar-refractivity contribution in [3.05, 3.63) is 101 Å². The average molecular weight is 475 g/mol. The minimum Gasteiger partial charge on any atom is -0.346 e. The lowest BCUT2D eigenvalue weighted by Crippen LogP contribution is -2.26. The molecule has 0 spiro atoms. The summed E-state index contributed by atoms with van der Waals surface area (Å²) in [6, 6.07) is 24.6. The van der Waals surface area contributed by atoms with Gasteiger partial charge < -0.3 is 9.42 Å². The van der Waals surface area contributed by atoms with Crippen molar-refractivity contribution < 1.29 is 4.52 Å². The average Bonchev–Trinajstić information content (AvgIpc) is 3.26. The van der Waals surface area contributed by atoms with Crippen LogP contribution in [0.4, 0.5) is 11.4 Å². The van der Waals surface area contributed by atoms with E-state index in [4.69, 9.17) is 21.4 Å². The summed E-state index contributed by atoms with van der Waals surface area (Å²) in [5, 5.41) is 5.81. The number of benzene rings is 2. The molecule has 0 aliphatic carbocycles. The lowest BCUT2D eigenvalue weighted by atomic mass is 9.84. The summed E-state index contributed by atoms with van der Waals surface area (Å²) >= 11 is 6.40. The molecule has 5 rings (SSSR count). The van der Waals surface area contributed by atoms with E-state index in [2.05, 4.69) is 55.0 Å². The van der Waals surface area contributed by atoms with E-state index >= 15 is 0 Å². The number of anilines is 2. The zero-order chi connectivity index (χ0) is 23.1. The second kappa shape index (κ2) is 8.53. The zero-order valence-electron chi connectivity index (χ0n) is 19.0. The van der Waals surface area contributed by atoms with E-state index in [9.17, 15) is 0 Å². The fourth-order valence-electron chi connectivity index (χ4n) is 4.73. The summed E-state index contributed by atoms with van der Waals surface area (Å²) < 4.78 is 8.56. The Morgan fingerprint density at radius 1 is 0.970 bits per heavy atom. The molecule has 3 aromatic rings. The van der Waals surface area contributed by atoms with Gasteiger partial charge in [-0.25, -0.2) is 4.78 Å². The number of rotatable bonds is 5. The monoisotopic (exact) mass is 474 g/mol. The van der Waals surface area contributed by atoms with E-state index in [0.717, 1.165) is 22.4 Å².